The molecule has 98 valence electrons. The summed E-state index contributed by atoms with van der Waals surface area (Å²) in [7, 11) is 0. The second-order valence-electron chi connectivity index (χ2n) is 5.80. The molecule has 3 rings (SSSR count). The average Bonchev–Trinajstić information content (AvgIpc) is 2.65. The summed E-state index contributed by atoms with van der Waals surface area (Å²) in [6.45, 7) is 0.907. The molecule has 1 aromatic rings. The largest absolute Gasteiger partial charge is 0.391 e. The molecule has 2 N–H and O–H groups in total. The van der Waals surface area contributed by atoms with Crippen molar-refractivity contribution in [1.82, 2.24) is 5.32 Å². The van der Waals surface area contributed by atoms with Gasteiger partial charge in [0.15, 0.2) is 0 Å². The van der Waals surface area contributed by atoms with Crippen molar-refractivity contribution in [2.24, 2.45) is 5.92 Å². The Hall–Kier alpha value is -0.860. The molecule has 0 radical (unpaired) electrons. The van der Waals surface area contributed by atoms with Crippen molar-refractivity contribution >= 4 is 0 Å². The number of fused-ring (bicyclic) bond motifs is 1. The van der Waals surface area contributed by atoms with E-state index in [1.54, 1.807) is 0 Å². The normalized spacial score (nSPS) is 26.6. The minimum Gasteiger partial charge on any atom is -0.391 e. The van der Waals surface area contributed by atoms with E-state index < -0.39 is 0 Å². The van der Waals surface area contributed by atoms with Crippen LogP contribution in [0, 0.1) is 5.92 Å². The summed E-state index contributed by atoms with van der Waals surface area (Å²) in [5, 5.41) is 14.2. The van der Waals surface area contributed by atoms with Gasteiger partial charge in [0.1, 0.15) is 0 Å². The van der Waals surface area contributed by atoms with E-state index >= 15 is 0 Å². The number of hydrogen-bond acceptors (Lipinski definition) is 2. The third-order valence-electron chi connectivity index (χ3n) is 4.63. The van der Waals surface area contributed by atoms with E-state index in [9.17, 15) is 5.11 Å². The Labute approximate surface area is 109 Å². The maximum atomic E-state index is 10.7. The monoisotopic (exact) mass is 245 g/mol. The third kappa shape index (κ3) is 2.32. The minimum absolute atomic E-state index is 0.157. The van der Waals surface area contributed by atoms with E-state index in [-0.39, 0.29) is 12.1 Å². The molecular weight excluding hydrogens is 222 g/mol. The van der Waals surface area contributed by atoms with Crippen molar-refractivity contribution in [1.29, 1.82) is 0 Å². The van der Waals surface area contributed by atoms with Gasteiger partial charge in [-0.3, -0.25) is 0 Å². The number of aliphatic hydroxyl groups is 1. The van der Waals surface area contributed by atoms with Crippen molar-refractivity contribution in [2.45, 2.75) is 57.2 Å². The number of hydrogen-bond donors (Lipinski definition) is 2. The van der Waals surface area contributed by atoms with Gasteiger partial charge in [0, 0.05) is 6.54 Å². The Morgan fingerprint density at radius 1 is 1.06 bits per heavy atom. The summed E-state index contributed by atoms with van der Waals surface area (Å²) in [6, 6.07) is 8.66. The van der Waals surface area contributed by atoms with Gasteiger partial charge in [-0.2, -0.15) is 0 Å². The van der Waals surface area contributed by atoms with Crippen LogP contribution >= 0.6 is 0 Å². The first-order chi connectivity index (χ1) is 8.86. The van der Waals surface area contributed by atoms with Gasteiger partial charge in [-0.1, -0.05) is 49.9 Å². The molecule has 1 aliphatic carbocycles. The van der Waals surface area contributed by atoms with Gasteiger partial charge >= 0.3 is 0 Å². The van der Waals surface area contributed by atoms with Crippen molar-refractivity contribution in [3.63, 3.8) is 0 Å². The highest BCUT2D eigenvalue weighted by Crippen LogP contribution is 2.35. The second-order valence-corrected chi connectivity index (χ2v) is 5.80. The van der Waals surface area contributed by atoms with E-state index in [0.29, 0.717) is 5.92 Å². The summed E-state index contributed by atoms with van der Waals surface area (Å²) in [4.78, 5) is 0. The van der Waals surface area contributed by atoms with Gasteiger partial charge in [-0.05, 0) is 29.9 Å². The Bertz CT molecular complexity index is 396. The smallest absolute Gasteiger partial charge is 0.0763 e. The highest BCUT2D eigenvalue weighted by atomic mass is 16.3. The zero-order chi connectivity index (χ0) is 12.4. The predicted molar refractivity (Wildman–Crippen MR) is 73.2 cm³/mol. The molecule has 2 nitrogen and oxygen atoms in total. The first kappa shape index (κ1) is 12.2. The standard InChI is InChI=1S/C16H23NO/c18-16(12-7-3-1-2-4-8-12)15-14-10-6-5-9-13(14)11-17-15/h5-6,9-10,12,15-18H,1-4,7-8,11H2. The number of rotatable bonds is 2. The minimum atomic E-state index is -0.216. The number of aliphatic hydroxyl groups excluding tert-OH is 1. The Morgan fingerprint density at radius 3 is 2.56 bits per heavy atom. The highest BCUT2D eigenvalue weighted by Gasteiger charge is 2.33. The molecule has 1 aromatic carbocycles. The summed E-state index contributed by atoms with van der Waals surface area (Å²) in [5.74, 6) is 0.483. The average molecular weight is 245 g/mol. The summed E-state index contributed by atoms with van der Waals surface area (Å²) in [5.41, 5.74) is 2.67. The molecule has 1 fully saturated rings. The molecule has 0 aromatic heterocycles. The first-order valence-corrected chi connectivity index (χ1v) is 7.35. The maximum Gasteiger partial charge on any atom is 0.0763 e. The molecule has 1 heterocycles. The lowest BCUT2D eigenvalue weighted by Gasteiger charge is -2.27. The van der Waals surface area contributed by atoms with E-state index in [2.05, 4.69) is 29.6 Å². The van der Waals surface area contributed by atoms with Crippen LogP contribution in [0.5, 0.6) is 0 Å². The molecule has 0 bridgehead atoms. The van der Waals surface area contributed by atoms with Crippen molar-refractivity contribution in [3.05, 3.63) is 35.4 Å². The molecule has 2 unspecified atom stereocenters. The lowest BCUT2D eigenvalue weighted by atomic mass is 9.87. The molecular formula is C16H23NO. The van der Waals surface area contributed by atoms with Crippen LogP contribution in [0.15, 0.2) is 24.3 Å². The van der Waals surface area contributed by atoms with Crippen molar-refractivity contribution in [3.8, 4) is 0 Å². The molecule has 2 heteroatoms. The fourth-order valence-electron chi connectivity index (χ4n) is 3.56. The van der Waals surface area contributed by atoms with Crippen LogP contribution in [0.2, 0.25) is 0 Å². The van der Waals surface area contributed by atoms with Crippen LogP contribution in [-0.4, -0.2) is 11.2 Å². The summed E-state index contributed by atoms with van der Waals surface area (Å²) >= 11 is 0. The van der Waals surface area contributed by atoms with Gasteiger partial charge in [0.05, 0.1) is 12.1 Å². The van der Waals surface area contributed by atoms with Crippen LogP contribution in [0.1, 0.15) is 55.7 Å². The predicted octanol–water partition coefficient (Wildman–Crippen LogP) is 3.16. The van der Waals surface area contributed by atoms with Gasteiger partial charge in [-0.25, -0.2) is 0 Å². The molecule has 0 spiro atoms. The molecule has 0 saturated heterocycles. The Balaban J connectivity index is 1.75. The summed E-state index contributed by atoms with van der Waals surface area (Å²) < 4.78 is 0. The summed E-state index contributed by atoms with van der Waals surface area (Å²) in [6.07, 6.45) is 7.44. The lowest BCUT2D eigenvalue weighted by Crippen LogP contribution is -2.33. The zero-order valence-corrected chi connectivity index (χ0v) is 10.9. The van der Waals surface area contributed by atoms with Gasteiger partial charge in [0.2, 0.25) is 0 Å². The van der Waals surface area contributed by atoms with Gasteiger partial charge in [0.25, 0.3) is 0 Å². The van der Waals surface area contributed by atoms with E-state index in [4.69, 9.17) is 0 Å². The topological polar surface area (TPSA) is 32.3 Å². The quantitative estimate of drug-likeness (QED) is 0.784. The maximum absolute atomic E-state index is 10.7. The number of benzene rings is 1. The Kier molecular flexibility index (Phi) is 3.67. The molecule has 2 aliphatic rings. The fourth-order valence-corrected chi connectivity index (χ4v) is 3.56. The van der Waals surface area contributed by atoms with Crippen LogP contribution in [-0.2, 0) is 6.54 Å². The fraction of sp³-hybridized carbons (Fsp3) is 0.625. The van der Waals surface area contributed by atoms with Crippen molar-refractivity contribution < 1.29 is 5.11 Å². The lowest BCUT2D eigenvalue weighted by molar-refractivity contribution is 0.0639. The molecule has 1 aliphatic heterocycles. The van der Waals surface area contributed by atoms with Crippen LogP contribution in [0.25, 0.3) is 0 Å². The van der Waals surface area contributed by atoms with Gasteiger partial charge in [-0.15, -0.1) is 0 Å². The van der Waals surface area contributed by atoms with E-state index in [1.165, 1.54) is 49.7 Å². The highest BCUT2D eigenvalue weighted by molar-refractivity contribution is 5.34. The van der Waals surface area contributed by atoms with E-state index in [1.807, 2.05) is 0 Å². The third-order valence-corrected chi connectivity index (χ3v) is 4.63. The second kappa shape index (κ2) is 5.41. The van der Waals surface area contributed by atoms with Crippen molar-refractivity contribution in [2.75, 3.05) is 0 Å². The molecule has 18 heavy (non-hydrogen) atoms. The number of nitrogens with one attached hydrogen (secondary N) is 1. The Morgan fingerprint density at radius 2 is 1.78 bits per heavy atom. The molecule has 2 atom stereocenters. The van der Waals surface area contributed by atoms with Gasteiger partial charge < -0.3 is 10.4 Å². The molecule has 0 amide bonds. The van der Waals surface area contributed by atoms with E-state index in [0.717, 1.165) is 6.54 Å². The molecule has 1 saturated carbocycles. The van der Waals surface area contributed by atoms with Crippen LogP contribution < -0.4 is 5.32 Å². The SMILES string of the molecule is OC(C1CCCCCC1)C1NCc2ccccc21. The van der Waals surface area contributed by atoms with Crippen LogP contribution in [0.4, 0.5) is 0 Å². The first-order valence-electron chi connectivity index (χ1n) is 7.35. The zero-order valence-electron chi connectivity index (χ0n) is 10.9. The van der Waals surface area contributed by atoms with Crippen LogP contribution in [0.3, 0.4) is 0 Å².